The molecule has 2 rings (SSSR count). The van der Waals surface area contributed by atoms with Gasteiger partial charge < -0.3 is 10.1 Å². The number of rotatable bonds is 3. The van der Waals surface area contributed by atoms with Crippen LogP contribution >= 0.6 is 0 Å². The summed E-state index contributed by atoms with van der Waals surface area (Å²) in [4.78, 5) is 11.7. The van der Waals surface area contributed by atoms with Gasteiger partial charge in [0.15, 0.2) is 5.69 Å². The zero-order valence-electron chi connectivity index (χ0n) is 9.52. The minimum atomic E-state index is -0.302. The Kier molecular flexibility index (Phi) is 3.04. The first-order valence-corrected chi connectivity index (χ1v) is 5.02. The van der Waals surface area contributed by atoms with Gasteiger partial charge >= 0.3 is 0 Å². The summed E-state index contributed by atoms with van der Waals surface area (Å²) in [5.41, 5.74) is 1.89. The quantitative estimate of drug-likeness (QED) is 0.837. The molecule has 2 N–H and O–H groups in total. The summed E-state index contributed by atoms with van der Waals surface area (Å²) in [5, 5.41) is 12.4. The van der Waals surface area contributed by atoms with Crippen molar-refractivity contribution in [3.63, 3.8) is 0 Å². The molecule has 0 atom stereocenters. The van der Waals surface area contributed by atoms with Gasteiger partial charge in [0.2, 0.25) is 0 Å². The van der Waals surface area contributed by atoms with Crippen molar-refractivity contribution in [1.29, 1.82) is 0 Å². The molecule has 0 fully saturated rings. The van der Waals surface area contributed by atoms with E-state index in [1.54, 1.807) is 19.2 Å². The van der Waals surface area contributed by atoms with Crippen molar-refractivity contribution in [1.82, 2.24) is 15.4 Å². The molecule has 1 heterocycles. The Bertz CT molecular complexity index is 522. The van der Waals surface area contributed by atoms with Crippen LogP contribution in [0.15, 0.2) is 24.4 Å². The van der Waals surface area contributed by atoms with Gasteiger partial charge in [0.1, 0.15) is 5.75 Å². The normalized spacial score (nSPS) is 10.0. The predicted octanol–water partition coefficient (Wildman–Crippen LogP) is 1.37. The maximum atomic E-state index is 11.7. The van der Waals surface area contributed by atoms with Crippen molar-refractivity contribution in [3.05, 3.63) is 35.7 Å². The molecule has 88 valence electrons. The van der Waals surface area contributed by atoms with Gasteiger partial charge in [0, 0.05) is 5.69 Å². The Morgan fingerprint density at radius 3 is 2.88 bits per heavy atom. The van der Waals surface area contributed by atoms with E-state index >= 15 is 0 Å². The molecular formula is C11H12N4O2. The highest BCUT2D eigenvalue weighted by molar-refractivity contribution is 6.02. The highest BCUT2D eigenvalue weighted by atomic mass is 16.5. The molecule has 1 aromatic carbocycles. The molecule has 0 bridgehead atoms. The Morgan fingerprint density at radius 1 is 1.47 bits per heavy atom. The summed E-state index contributed by atoms with van der Waals surface area (Å²) in [6.45, 7) is 1.91. The number of hydrogen-bond acceptors (Lipinski definition) is 4. The fourth-order valence-corrected chi connectivity index (χ4v) is 1.46. The lowest BCUT2D eigenvalue weighted by Gasteiger charge is -2.07. The van der Waals surface area contributed by atoms with Gasteiger partial charge in [-0.25, -0.2) is 0 Å². The largest absolute Gasteiger partial charge is 0.496 e. The fourth-order valence-electron chi connectivity index (χ4n) is 1.46. The van der Waals surface area contributed by atoms with Crippen molar-refractivity contribution in [2.75, 3.05) is 12.4 Å². The van der Waals surface area contributed by atoms with Gasteiger partial charge in [-0.1, -0.05) is 0 Å². The molecule has 0 spiro atoms. The van der Waals surface area contributed by atoms with E-state index < -0.39 is 0 Å². The Balaban J connectivity index is 2.14. The maximum absolute atomic E-state index is 11.7. The topological polar surface area (TPSA) is 79.9 Å². The predicted molar refractivity (Wildman–Crippen MR) is 62.1 cm³/mol. The first-order valence-electron chi connectivity index (χ1n) is 5.02. The fraction of sp³-hybridized carbons (Fsp3) is 0.182. The highest BCUT2D eigenvalue weighted by Crippen LogP contribution is 2.21. The van der Waals surface area contributed by atoms with E-state index in [0.29, 0.717) is 5.69 Å². The Labute approximate surface area is 98.0 Å². The second-order valence-electron chi connectivity index (χ2n) is 3.49. The lowest BCUT2D eigenvalue weighted by atomic mass is 10.2. The van der Waals surface area contributed by atoms with Crippen molar-refractivity contribution in [2.45, 2.75) is 6.92 Å². The second kappa shape index (κ2) is 4.65. The average molecular weight is 232 g/mol. The maximum Gasteiger partial charge on any atom is 0.277 e. The van der Waals surface area contributed by atoms with Crippen LogP contribution in [0.1, 0.15) is 16.1 Å². The summed E-state index contributed by atoms with van der Waals surface area (Å²) >= 11 is 0. The molecule has 0 saturated carbocycles. The summed E-state index contributed by atoms with van der Waals surface area (Å²) in [5.74, 6) is 0.479. The van der Waals surface area contributed by atoms with Crippen LogP contribution in [0.5, 0.6) is 5.75 Å². The van der Waals surface area contributed by atoms with Crippen LogP contribution in [0.3, 0.4) is 0 Å². The summed E-state index contributed by atoms with van der Waals surface area (Å²) in [6.07, 6.45) is 1.37. The number of carbonyl (C=O) groups excluding carboxylic acids is 1. The number of nitrogens with zero attached hydrogens (tertiary/aromatic N) is 2. The third-order valence-corrected chi connectivity index (χ3v) is 2.30. The Morgan fingerprint density at radius 2 is 2.29 bits per heavy atom. The molecule has 17 heavy (non-hydrogen) atoms. The van der Waals surface area contributed by atoms with Gasteiger partial charge in [-0.2, -0.15) is 15.4 Å². The first-order chi connectivity index (χ1) is 8.20. The lowest BCUT2D eigenvalue weighted by molar-refractivity contribution is 0.102. The number of carbonyl (C=O) groups is 1. The number of anilines is 1. The summed E-state index contributed by atoms with van der Waals surface area (Å²) in [6, 6.07) is 5.40. The smallest absolute Gasteiger partial charge is 0.277 e. The third-order valence-electron chi connectivity index (χ3n) is 2.30. The molecule has 0 saturated heterocycles. The molecular weight excluding hydrogens is 220 g/mol. The van der Waals surface area contributed by atoms with Crippen LogP contribution in [-0.4, -0.2) is 28.4 Å². The van der Waals surface area contributed by atoms with Crippen LogP contribution in [0.4, 0.5) is 5.69 Å². The molecule has 0 aliphatic heterocycles. The van der Waals surface area contributed by atoms with E-state index in [2.05, 4.69) is 20.7 Å². The van der Waals surface area contributed by atoms with Gasteiger partial charge in [-0.3, -0.25) is 4.79 Å². The van der Waals surface area contributed by atoms with Crippen molar-refractivity contribution >= 4 is 11.6 Å². The molecule has 1 aromatic heterocycles. The standard InChI is InChI=1S/C11H12N4O2/c1-7-5-8(3-4-10(7)17-2)13-11(16)9-6-12-15-14-9/h3-6H,1-2H3,(H,13,16)(H,12,14,15). The van der Waals surface area contributed by atoms with Gasteiger partial charge in [-0.05, 0) is 30.7 Å². The average Bonchev–Trinajstić information content (AvgIpc) is 2.82. The highest BCUT2D eigenvalue weighted by Gasteiger charge is 2.09. The minimum absolute atomic E-state index is 0.249. The number of H-pyrrole nitrogens is 1. The van der Waals surface area contributed by atoms with Crippen molar-refractivity contribution < 1.29 is 9.53 Å². The van der Waals surface area contributed by atoms with Crippen LogP contribution in [0, 0.1) is 6.92 Å². The second-order valence-corrected chi connectivity index (χ2v) is 3.49. The van der Waals surface area contributed by atoms with Crippen molar-refractivity contribution in [3.8, 4) is 5.75 Å². The number of aromatic amines is 1. The number of hydrogen-bond donors (Lipinski definition) is 2. The molecule has 6 nitrogen and oxygen atoms in total. The molecule has 1 amide bonds. The minimum Gasteiger partial charge on any atom is -0.496 e. The molecule has 2 aromatic rings. The summed E-state index contributed by atoms with van der Waals surface area (Å²) in [7, 11) is 1.61. The molecule has 6 heteroatoms. The van der Waals surface area contributed by atoms with Gasteiger partial charge in [0.25, 0.3) is 5.91 Å². The zero-order chi connectivity index (χ0) is 12.3. The van der Waals surface area contributed by atoms with Gasteiger partial charge in [-0.15, -0.1) is 0 Å². The Hall–Kier alpha value is -2.37. The lowest BCUT2D eigenvalue weighted by Crippen LogP contribution is -2.12. The first kappa shape index (κ1) is 11.1. The van der Waals surface area contributed by atoms with Crippen LogP contribution in [-0.2, 0) is 0 Å². The molecule has 0 aliphatic carbocycles. The van der Waals surface area contributed by atoms with Crippen LogP contribution in [0.2, 0.25) is 0 Å². The monoisotopic (exact) mass is 232 g/mol. The molecule has 0 radical (unpaired) electrons. The third kappa shape index (κ3) is 2.41. The van der Waals surface area contributed by atoms with Crippen molar-refractivity contribution in [2.24, 2.45) is 0 Å². The van der Waals surface area contributed by atoms with E-state index in [9.17, 15) is 4.79 Å². The number of amides is 1. The van der Waals surface area contributed by atoms with Gasteiger partial charge in [0.05, 0.1) is 13.3 Å². The van der Waals surface area contributed by atoms with Crippen LogP contribution < -0.4 is 10.1 Å². The van der Waals surface area contributed by atoms with E-state index in [4.69, 9.17) is 4.74 Å². The SMILES string of the molecule is COc1ccc(NC(=O)c2cn[nH]n2)cc1C. The number of methoxy groups -OCH3 is 1. The van der Waals surface area contributed by atoms with E-state index in [0.717, 1.165) is 11.3 Å². The number of ether oxygens (including phenoxy) is 1. The zero-order valence-corrected chi connectivity index (χ0v) is 9.52. The molecule has 0 aliphatic rings. The van der Waals surface area contributed by atoms with E-state index in [1.165, 1.54) is 6.20 Å². The van der Waals surface area contributed by atoms with Crippen LogP contribution in [0.25, 0.3) is 0 Å². The number of aromatic nitrogens is 3. The molecule has 0 unspecified atom stereocenters. The number of nitrogens with one attached hydrogen (secondary N) is 2. The summed E-state index contributed by atoms with van der Waals surface area (Å²) < 4.78 is 5.14. The number of benzene rings is 1. The van der Waals surface area contributed by atoms with E-state index in [-0.39, 0.29) is 11.6 Å². The number of aryl methyl sites for hydroxylation is 1. The van der Waals surface area contributed by atoms with E-state index in [1.807, 2.05) is 13.0 Å².